The molecule has 0 rings (SSSR count). The minimum absolute atomic E-state index is 0.0978. The molecule has 0 saturated carbocycles. The molecule has 0 fully saturated rings. The van der Waals surface area contributed by atoms with Gasteiger partial charge in [0.25, 0.3) is 0 Å². The van der Waals surface area contributed by atoms with Crippen LogP contribution in [0.4, 0.5) is 35.1 Å². The maximum absolute atomic E-state index is 13.1. The van der Waals surface area contributed by atoms with Gasteiger partial charge in [-0.1, -0.05) is 32.6 Å². The van der Waals surface area contributed by atoms with Crippen LogP contribution >= 0.6 is 0 Å². The van der Waals surface area contributed by atoms with Crippen molar-refractivity contribution in [3.05, 3.63) is 0 Å². The van der Waals surface area contributed by atoms with Crippen molar-refractivity contribution < 1.29 is 40.2 Å². The highest BCUT2D eigenvalue weighted by molar-refractivity contribution is 4.99. The summed E-state index contributed by atoms with van der Waals surface area (Å²) in [5.41, 5.74) is 0. The van der Waals surface area contributed by atoms with Gasteiger partial charge in [-0.2, -0.15) is 35.1 Å². The highest BCUT2D eigenvalue weighted by atomic mass is 19.4. The molecule has 0 saturated heterocycles. The molecule has 1 N–H and O–H groups in total. The van der Waals surface area contributed by atoms with Gasteiger partial charge in [0.2, 0.25) is 0 Å². The molecule has 122 valence electrons. The molecule has 0 amide bonds. The molecule has 0 heterocycles. The third kappa shape index (κ3) is 3.95. The van der Waals surface area contributed by atoms with E-state index in [2.05, 4.69) is 0 Å². The van der Waals surface area contributed by atoms with Gasteiger partial charge in [-0.3, -0.25) is 0 Å². The Labute approximate surface area is 111 Å². The van der Waals surface area contributed by atoms with Gasteiger partial charge >= 0.3 is 23.9 Å². The van der Waals surface area contributed by atoms with Crippen molar-refractivity contribution in [1.82, 2.24) is 0 Å². The molecule has 0 aliphatic rings. The summed E-state index contributed by atoms with van der Waals surface area (Å²) in [5, 5.41) is 7.69. The average Bonchev–Trinajstić information content (AvgIpc) is 2.26. The lowest BCUT2D eigenvalue weighted by Crippen LogP contribution is -2.62. The van der Waals surface area contributed by atoms with Gasteiger partial charge in [-0.25, -0.2) is 0 Å². The minimum Gasteiger partial charge on any atom is -0.331 e. The molecule has 0 unspecified atom stereocenters. The molecular formula is C11H16F8O. The second kappa shape index (κ2) is 6.44. The molecule has 0 radical (unpaired) electrons. The first kappa shape index (κ1) is 19.4. The van der Waals surface area contributed by atoms with Crippen molar-refractivity contribution in [3.8, 4) is 0 Å². The Kier molecular flexibility index (Phi) is 6.25. The first-order valence-electron chi connectivity index (χ1n) is 6.05. The maximum atomic E-state index is 13.1. The van der Waals surface area contributed by atoms with E-state index in [0.717, 1.165) is 6.42 Å². The predicted molar refractivity (Wildman–Crippen MR) is 55.4 cm³/mol. The summed E-state index contributed by atoms with van der Waals surface area (Å²) in [5.74, 6) is -18.2. The summed E-state index contributed by atoms with van der Waals surface area (Å²) >= 11 is 0. The van der Waals surface area contributed by atoms with E-state index in [1.54, 1.807) is 0 Å². The van der Waals surface area contributed by atoms with Gasteiger partial charge in [0, 0.05) is 6.42 Å². The van der Waals surface area contributed by atoms with Crippen LogP contribution in [0.2, 0.25) is 0 Å². The third-order valence-corrected chi connectivity index (χ3v) is 2.83. The minimum atomic E-state index is -6.55. The molecule has 0 atom stereocenters. The second-order valence-corrected chi connectivity index (χ2v) is 4.56. The fraction of sp³-hybridized carbons (Fsp3) is 1.00. The lowest BCUT2D eigenvalue weighted by atomic mass is 9.97. The Morgan fingerprint density at radius 2 is 1.15 bits per heavy atom. The average molecular weight is 316 g/mol. The molecule has 1 nitrogen and oxygen atoms in total. The summed E-state index contributed by atoms with van der Waals surface area (Å²) in [6.45, 7) is 1.81. The Morgan fingerprint density at radius 3 is 1.55 bits per heavy atom. The van der Waals surface area contributed by atoms with Crippen LogP contribution in [0.3, 0.4) is 0 Å². The van der Waals surface area contributed by atoms with Crippen LogP contribution in [0.25, 0.3) is 0 Å². The zero-order valence-corrected chi connectivity index (χ0v) is 10.7. The van der Waals surface area contributed by atoms with Crippen LogP contribution in [0.5, 0.6) is 0 Å². The van der Waals surface area contributed by atoms with Crippen molar-refractivity contribution in [2.24, 2.45) is 0 Å². The highest BCUT2D eigenvalue weighted by Crippen LogP contribution is 2.53. The third-order valence-electron chi connectivity index (χ3n) is 2.83. The number of alkyl halides is 8. The predicted octanol–water partition coefficient (Wildman–Crippen LogP) is 4.84. The lowest BCUT2D eigenvalue weighted by Gasteiger charge is -2.34. The van der Waals surface area contributed by atoms with Gasteiger partial charge in [-0.15, -0.1) is 0 Å². The first-order valence-corrected chi connectivity index (χ1v) is 6.05. The van der Waals surface area contributed by atoms with Gasteiger partial charge in [-0.05, 0) is 6.42 Å². The largest absolute Gasteiger partial charge is 0.423 e. The lowest BCUT2D eigenvalue weighted by molar-refractivity contribution is -0.417. The second-order valence-electron chi connectivity index (χ2n) is 4.56. The number of rotatable bonds is 9. The van der Waals surface area contributed by atoms with Gasteiger partial charge < -0.3 is 5.11 Å². The Morgan fingerprint density at radius 1 is 0.700 bits per heavy atom. The van der Waals surface area contributed by atoms with Crippen LogP contribution in [0.15, 0.2) is 0 Å². The van der Waals surface area contributed by atoms with E-state index in [-0.39, 0.29) is 6.42 Å². The topological polar surface area (TPSA) is 20.2 Å². The van der Waals surface area contributed by atoms with Crippen LogP contribution in [0, 0.1) is 0 Å². The maximum Gasteiger partial charge on any atom is 0.423 e. The van der Waals surface area contributed by atoms with E-state index in [1.807, 2.05) is 6.92 Å². The quantitative estimate of drug-likeness (QED) is 0.477. The van der Waals surface area contributed by atoms with Crippen LogP contribution in [-0.4, -0.2) is 29.0 Å². The normalized spacial score (nSPS) is 14.7. The summed E-state index contributed by atoms with van der Waals surface area (Å²) in [4.78, 5) is 0. The summed E-state index contributed by atoms with van der Waals surface area (Å²) < 4.78 is 101. The standard InChI is InChI=1S/C11H16F8O/c1-2-3-4-5-6-7-8(12,13)9(14,15)10(16,17)11(18,19)20/h20H,2-7H2,1H3. The number of hydrogen-bond acceptors (Lipinski definition) is 1. The zero-order chi connectivity index (χ0) is 16.2. The van der Waals surface area contributed by atoms with Gasteiger partial charge in [0.05, 0.1) is 0 Å². The molecule has 0 aromatic heterocycles. The molecule has 20 heavy (non-hydrogen) atoms. The molecule has 0 aromatic carbocycles. The monoisotopic (exact) mass is 316 g/mol. The van der Waals surface area contributed by atoms with Gasteiger partial charge in [0.15, 0.2) is 0 Å². The van der Waals surface area contributed by atoms with Crippen LogP contribution in [-0.2, 0) is 0 Å². The van der Waals surface area contributed by atoms with Crippen LogP contribution in [0.1, 0.15) is 45.4 Å². The fourth-order valence-corrected chi connectivity index (χ4v) is 1.53. The van der Waals surface area contributed by atoms with Crippen molar-refractivity contribution in [1.29, 1.82) is 0 Å². The zero-order valence-electron chi connectivity index (χ0n) is 10.7. The molecule has 9 heteroatoms. The van der Waals surface area contributed by atoms with Crippen molar-refractivity contribution >= 4 is 0 Å². The van der Waals surface area contributed by atoms with Crippen molar-refractivity contribution in [2.75, 3.05) is 0 Å². The highest BCUT2D eigenvalue weighted by Gasteiger charge is 2.80. The first-order chi connectivity index (χ1) is 8.81. The van der Waals surface area contributed by atoms with E-state index in [0.29, 0.717) is 12.8 Å². The van der Waals surface area contributed by atoms with E-state index in [4.69, 9.17) is 5.11 Å². The van der Waals surface area contributed by atoms with E-state index < -0.39 is 36.7 Å². The SMILES string of the molecule is CCCCCCCC(F)(F)C(F)(F)C(F)(F)C(O)(F)F. The molecule has 0 bridgehead atoms. The molecule has 0 spiro atoms. The molecule has 0 aromatic rings. The fourth-order valence-electron chi connectivity index (χ4n) is 1.53. The van der Waals surface area contributed by atoms with Gasteiger partial charge in [0.1, 0.15) is 0 Å². The summed E-state index contributed by atoms with van der Waals surface area (Å²) in [6.07, 6.45) is -6.44. The summed E-state index contributed by atoms with van der Waals surface area (Å²) in [6, 6.07) is 0. The number of unbranched alkanes of at least 4 members (excludes halogenated alkanes) is 4. The van der Waals surface area contributed by atoms with Crippen molar-refractivity contribution in [2.45, 2.75) is 69.3 Å². The Bertz CT molecular complexity index is 297. The number of halogens is 8. The van der Waals surface area contributed by atoms with E-state index >= 15 is 0 Å². The molecule has 0 aliphatic heterocycles. The van der Waals surface area contributed by atoms with Crippen molar-refractivity contribution in [3.63, 3.8) is 0 Å². The van der Waals surface area contributed by atoms with E-state index in [1.165, 1.54) is 0 Å². The summed E-state index contributed by atoms with van der Waals surface area (Å²) in [7, 11) is 0. The van der Waals surface area contributed by atoms with E-state index in [9.17, 15) is 35.1 Å². The Balaban J connectivity index is 4.81. The smallest absolute Gasteiger partial charge is 0.331 e. The Hall–Kier alpha value is -0.600. The molecule has 0 aliphatic carbocycles. The van der Waals surface area contributed by atoms with Crippen LogP contribution < -0.4 is 0 Å². The molecular weight excluding hydrogens is 300 g/mol. The number of aliphatic hydroxyl groups is 1. The number of hydrogen-bond donors (Lipinski definition) is 1.